The fourth-order valence-electron chi connectivity index (χ4n) is 4.22. The Kier molecular flexibility index (Phi) is 7.45. The van der Waals surface area contributed by atoms with Crippen molar-refractivity contribution in [1.82, 2.24) is 19.7 Å². The Morgan fingerprint density at radius 2 is 1.69 bits per heavy atom. The number of nitrogens with zero attached hydrogens (tertiary/aromatic N) is 5. The van der Waals surface area contributed by atoms with Gasteiger partial charge in [0.05, 0.1) is 29.3 Å². The van der Waals surface area contributed by atoms with Crippen LogP contribution in [0.1, 0.15) is 10.5 Å². The number of fused-ring (bicyclic) bond motifs is 1. The van der Waals surface area contributed by atoms with Crippen LogP contribution in [-0.2, 0) is 19.6 Å². The van der Waals surface area contributed by atoms with E-state index in [4.69, 9.17) is 27.9 Å². The van der Waals surface area contributed by atoms with Gasteiger partial charge in [-0.25, -0.2) is 8.42 Å². The number of sulfonamides is 1. The van der Waals surface area contributed by atoms with E-state index in [0.717, 1.165) is 4.31 Å². The third-order valence-corrected chi connectivity index (χ3v) is 8.27. The summed E-state index contributed by atoms with van der Waals surface area (Å²) in [6.07, 6.45) is 1.72. The second kappa shape index (κ2) is 10.8. The lowest BCUT2D eigenvalue weighted by Gasteiger charge is -2.26. The number of carboxylic acid groups (broad SMARTS) is 1. The molecule has 4 aromatic rings. The summed E-state index contributed by atoms with van der Waals surface area (Å²) < 4.78 is 34.6. The van der Waals surface area contributed by atoms with Crippen molar-refractivity contribution in [2.24, 2.45) is 0 Å². The fourth-order valence-corrected chi connectivity index (χ4v) is 6.36. The molecule has 0 bridgehead atoms. The van der Waals surface area contributed by atoms with Crippen LogP contribution in [0.5, 0.6) is 0 Å². The minimum atomic E-state index is -4.32. The molecule has 1 saturated heterocycles. The summed E-state index contributed by atoms with van der Waals surface area (Å²) in [4.78, 5) is 25.7. The number of amides is 1. The molecule has 5 rings (SSSR count). The van der Waals surface area contributed by atoms with Gasteiger partial charge in [0.1, 0.15) is 6.54 Å². The van der Waals surface area contributed by atoms with Gasteiger partial charge in [-0.05, 0) is 54.6 Å². The van der Waals surface area contributed by atoms with Gasteiger partial charge in [0.15, 0.2) is 11.5 Å². The van der Waals surface area contributed by atoms with E-state index in [2.05, 4.69) is 10.2 Å². The number of carboxylic acids is 1. The van der Waals surface area contributed by atoms with Crippen LogP contribution in [0, 0.1) is 0 Å². The number of morpholine rings is 1. The smallest absolute Gasteiger partial charge is 0.324 e. The van der Waals surface area contributed by atoms with E-state index in [1.807, 2.05) is 0 Å². The third-order valence-electron chi connectivity index (χ3n) is 6.08. The number of carbonyl (C=O) groups is 2. The molecule has 1 aliphatic heterocycles. The number of halogens is 2. The number of rotatable bonds is 7. The molecule has 2 aromatic heterocycles. The standard InChI is InChI=1S/C25H21Cl2N5O6S/c26-17-12-18(27)14-20(13-17)39(36,37)32(15-24(33)34)19-1-3-22-16(11-19)5-6-31(22)23-4-2-21(28-29-23)25(35)30-7-9-38-10-8-30/h1-6,11-14H,7-10,15H2,(H,33,34). The van der Waals surface area contributed by atoms with E-state index in [-0.39, 0.29) is 32.2 Å². The molecule has 0 spiro atoms. The van der Waals surface area contributed by atoms with Crippen LogP contribution in [0.2, 0.25) is 10.0 Å². The summed E-state index contributed by atoms with van der Waals surface area (Å²) >= 11 is 12.0. The molecule has 0 unspecified atom stereocenters. The largest absolute Gasteiger partial charge is 0.480 e. The minimum absolute atomic E-state index is 0.0997. The summed E-state index contributed by atoms with van der Waals surface area (Å²) in [7, 11) is -4.32. The van der Waals surface area contributed by atoms with Gasteiger partial charge in [0.25, 0.3) is 15.9 Å². The zero-order chi connectivity index (χ0) is 27.7. The molecular weight excluding hydrogens is 569 g/mol. The Labute approximate surface area is 233 Å². The van der Waals surface area contributed by atoms with Gasteiger partial charge in [0.2, 0.25) is 0 Å². The number of anilines is 1. The number of hydrogen-bond donors (Lipinski definition) is 1. The number of hydrogen-bond acceptors (Lipinski definition) is 7. The average molecular weight is 590 g/mol. The molecule has 1 amide bonds. The molecule has 1 aliphatic rings. The summed E-state index contributed by atoms with van der Waals surface area (Å²) in [6.45, 7) is 1.12. The van der Waals surface area contributed by atoms with Crippen LogP contribution in [0.4, 0.5) is 5.69 Å². The van der Waals surface area contributed by atoms with Gasteiger partial charge < -0.3 is 14.7 Å². The predicted molar refractivity (Wildman–Crippen MR) is 144 cm³/mol. The summed E-state index contributed by atoms with van der Waals surface area (Å²) in [5, 5.41) is 18.6. The van der Waals surface area contributed by atoms with E-state index < -0.39 is 22.5 Å². The van der Waals surface area contributed by atoms with Crippen LogP contribution < -0.4 is 4.31 Å². The Bertz CT molecular complexity index is 1650. The van der Waals surface area contributed by atoms with E-state index in [1.165, 1.54) is 24.3 Å². The van der Waals surface area contributed by atoms with Crippen LogP contribution in [0.15, 0.2) is 65.7 Å². The molecule has 0 radical (unpaired) electrons. The first kappa shape index (κ1) is 26.9. The van der Waals surface area contributed by atoms with Crippen LogP contribution in [-0.4, -0.2) is 77.9 Å². The lowest BCUT2D eigenvalue weighted by molar-refractivity contribution is -0.135. The first-order valence-electron chi connectivity index (χ1n) is 11.7. The molecule has 1 fully saturated rings. The number of aliphatic carboxylic acids is 1. The van der Waals surface area contributed by atoms with Crippen molar-refractivity contribution >= 4 is 61.7 Å². The predicted octanol–water partition coefficient (Wildman–Crippen LogP) is 3.48. The number of carbonyl (C=O) groups excluding carboxylic acids is 1. The topological polar surface area (TPSA) is 135 Å². The highest BCUT2D eigenvalue weighted by Gasteiger charge is 2.28. The first-order valence-corrected chi connectivity index (χ1v) is 13.9. The van der Waals surface area contributed by atoms with E-state index in [9.17, 15) is 23.1 Å². The maximum absolute atomic E-state index is 13.4. The van der Waals surface area contributed by atoms with Crippen LogP contribution in [0.3, 0.4) is 0 Å². The van der Waals surface area contributed by atoms with Crippen molar-refractivity contribution in [3.05, 3.63) is 76.5 Å². The van der Waals surface area contributed by atoms with Crippen molar-refractivity contribution in [3.63, 3.8) is 0 Å². The van der Waals surface area contributed by atoms with Gasteiger partial charge >= 0.3 is 5.97 Å². The third kappa shape index (κ3) is 5.55. The lowest BCUT2D eigenvalue weighted by atomic mass is 10.2. The van der Waals surface area contributed by atoms with Crippen LogP contribution >= 0.6 is 23.2 Å². The minimum Gasteiger partial charge on any atom is -0.480 e. The highest BCUT2D eigenvalue weighted by Crippen LogP contribution is 2.31. The Morgan fingerprint density at radius 1 is 0.974 bits per heavy atom. The maximum atomic E-state index is 13.4. The first-order chi connectivity index (χ1) is 18.6. The summed E-state index contributed by atoms with van der Waals surface area (Å²) in [5.74, 6) is -1.12. The Hall–Kier alpha value is -3.71. The zero-order valence-corrected chi connectivity index (χ0v) is 22.5. The highest BCUT2D eigenvalue weighted by atomic mass is 35.5. The van der Waals surface area contributed by atoms with E-state index >= 15 is 0 Å². The normalized spacial score (nSPS) is 13.9. The SMILES string of the molecule is O=C(O)CN(c1ccc2c(ccn2-c2ccc(C(=O)N3CCOCC3)nn2)c1)S(=O)(=O)c1cc(Cl)cc(Cl)c1. The summed E-state index contributed by atoms with van der Waals surface area (Å²) in [5.41, 5.74) is 1.02. The van der Waals surface area contributed by atoms with Crippen molar-refractivity contribution in [1.29, 1.82) is 0 Å². The molecule has 0 atom stereocenters. The second-order valence-corrected chi connectivity index (χ2v) is 11.4. The molecule has 39 heavy (non-hydrogen) atoms. The second-order valence-electron chi connectivity index (χ2n) is 8.62. The number of benzene rings is 2. The molecule has 1 N–H and O–H groups in total. The lowest BCUT2D eigenvalue weighted by Crippen LogP contribution is -2.41. The van der Waals surface area contributed by atoms with Gasteiger partial charge in [-0.3, -0.25) is 18.5 Å². The molecule has 202 valence electrons. The Balaban J connectivity index is 1.46. The number of ether oxygens (including phenoxy) is 1. The molecule has 0 aliphatic carbocycles. The average Bonchev–Trinajstić information content (AvgIpc) is 3.34. The molecular formula is C25H21Cl2N5O6S. The zero-order valence-electron chi connectivity index (χ0n) is 20.2. The van der Waals surface area contributed by atoms with Crippen molar-refractivity contribution in [3.8, 4) is 5.82 Å². The van der Waals surface area contributed by atoms with Gasteiger partial charge in [-0.15, -0.1) is 10.2 Å². The quantitative estimate of drug-likeness (QED) is 0.346. The van der Waals surface area contributed by atoms with Crippen LogP contribution in [0.25, 0.3) is 16.7 Å². The Morgan fingerprint density at radius 3 is 2.33 bits per heavy atom. The molecule has 0 saturated carbocycles. The van der Waals surface area contributed by atoms with Crippen molar-refractivity contribution in [2.75, 3.05) is 37.2 Å². The molecule has 11 nitrogen and oxygen atoms in total. The fraction of sp³-hybridized carbons (Fsp3) is 0.200. The van der Waals surface area contributed by atoms with E-state index in [1.54, 1.807) is 46.0 Å². The molecule has 3 heterocycles. The van der Waals surface area contributed by atoms with Gasteiger partial charge in [0, 0.05) is 34.7 Å². The molecule has 14 heteroatoms. The van der Waals surface area contributed by atoms with Crippen molar-refractivity contribution in [2.45, 2.75) is 4.90 Å². The maximum Gasteiger partial charge on any atom is 0.324 e. The van der Waals surface area contributed by atoms with Crippen molar-refractivity contribution < 1.29 is 27.9 Å². The van der Waals surface area contributed by atoms with Gasteiger partial charge in [-0.1, -0.05) is 23.2 Å². The van der Waals surface area contributed by atoms with Gasteiger partial charge in [-0.2, -0.15) is 0 Å². The highest BCUT2D eigenvalue weighted by molar-refractivity contribution is 7.92. The monoisotopic (exact) mass is 589 g/mol. The number of aromatic nitrogens is 3. The van der Waals surface area contributed by atoms with E-state index in [0.29, 0.717) is 43.0 Å². The summed E-state index contributed by atoms with van der Waals surface area (Å²) in [6, 6.07) is 13.5. The molecule has 2 aromatic carbocycles.